The molecule has 0 radical (unpaired) electrons. The number of nitrogens with zero attached hydrogens (tertiary/aromatic N) is 2. The van der Waals surface area contributed by atoms with Crippen LogP contribution >= 0.6 is 0 Å². The van der Waals surface area contributed by atoms with Gasteiger partial charge in [-0.2, -0.15) is 0 Å². The molecule has 3 atom stereocenters. The van der Waals surface area contributed by atoms with Gasteiger partial charge >= 0.3 is 0 Å². The molecule has 6 heteroatoms. The lowest BCUT2D eigenvalue weighted by Gasteiger charge is -2.34. The summed E-state index contributed by atoms with van der Waals surface area (Å²) in [5.74, 6) is 0.636. The molecule has 2 rings (SSSR count). The fraction of sp³-hybridized carbons (Fsp3) is 0.610. The topological polar surface area (TPSA) is 68.8 Å². The number of rotatable bonds is 25. The number of Topliss-reactive ketones (excluding diaryl/α,β-unsaturated/α-hetero) is 1. The number of carbonyl (C=O) groups is 1. The van der Waals surface area contributed by atoms with Crippen molar-refractivity contribution in [2.45, 2.75) is 125 Å². The Bertz CT molecular complexity index is 1210. The predicted octanol–water partition coefficient (Wildman–Crippen LogP) is 8.39. The zero-order valence-electron chi connectivity index (χ0n) is 31.2. The number of ketones is 1. The number of nitrogens with one attached hydrogen (secondary N) is 3. The third kappa shape index (κ3) is 13.5. The number of allylic oxidation sites excluding steroid dienone is 1. The molecule has 0 saturated carbocycles. The minimum Gasteiger partial charge on any atom is -0.379 e. The van der Waals surface area contributed by atoms with Crippen molar-refractivity contribution < 1.29 is 4.79 Å². The normalized spacial score (nSPS) is 15.1. The molecule has 1 aromatic carbocycles. The summed E-state index contributed by atoms with van der Waals surface area (Å²) in [7, 11) is 0. The van der Waals surface area contributed by atoms with Crippen LogP contribution in [0.15, 0.2) is 83.8 Å². The van der Waals surface area contributed by atoms with Crippen LogP contribution in [-0.2, 0) is 11.2 Å². The lowest BCUT2D eigenvalue weighted by Crippen LogP contribution is -2.48. The zero-order valence-corrected chi connectivity index (χ0v) is 31.2. The molecule has 0 saturated heterocycles. The van der Waals surface area contributed by atoms with E-state index in [-0.39, 0.29) is 23.9 Å². The minimum atomic E-state index is -0.390. The zero-order chi connectivity index (χ0) is 35.0. The van der Waals surface area contributed by atoms with E-state index in [2.05, 4.69) is 119 Å². The van der Waals surface area contributed by atoms with Crippen molar-refractivity contribution in [3.05, 3.63) is 84.4 Å². The molecular formula is C41H67N5O. The molecule has 1 aromatic rings. The summed E-state index contributed by atoms with van der Waals surface area (Å²) in [6, 6.07) is 10.2. The molecular weight excluding hydrogens is 578 g/mol. The first-order chi connectivity index (χ1) is 22.3. The molecule has 6 nitrogen and oxygen atoms in total. The summed E-state index contributed by atoms with van der Waals surface area (Å²) in [6.07, 6.45) is 9.69. The Kier molecular flexibility index (Phi) is 17.3. The maximum atomic E-state index is 13.6. The summed E-state index contributed by atoms with van der Waals surface area (Å²) >= 11 is 0. The standard InChI is InChI=1S/C41H67N5O/c1-12-19-36(31(7)45-39(26-30(5)6)40(47)41(10,11)15-4)43-32(8)37(23-22-34-20-17-16-18-21-34)44-33(9)38-27-35(28-42-38)29-46(24-13-2)25-14-3/h16-18,20-21,27,30,36-37,39,43-45H,7-9,12-15,19,22-26,28-29H2,1-6,10-11H3/t36-,37-,39-/m0/s1. The van der Waals surface area contributed by atoms with E-state index in [0.717, 1.165) is 100 Å². The highest BCUT2D eigenvalue weighted by molar-refractivity contribution is 6.09. The highest BCUT2D eigenvalue weighted by Crippen LogP contribution is 2.26. The van der Waals surface area contributed by atoms with Gasteiger partial charge in [0.25, 0.3) is 0 Å². The molecule has 0 fully saturated rings. The van der Waals surface area contributed by atoms with Crippen molar-refractivity contribution in [2.75, 3.05) is 26.2 Å². The molecule has 0 aromatic heterocycles. The molecule has 0 amide bonds. The summed E-state index contributed by atoms with van der Waals surface area (Å²) in [4.78, 5) is 21.0. The summed E-state index contributed by atoms with van der Waals surface area (Å²) in [6.45, 7) is 34.5. The molecule has 0 aliphatic carbocycles. The fourth-order valence-electron chi connectivity index (χ4n) is 6.13. The van der Waals surface area contributed by atoms with Crippen LogP contribution in [0.5, 0.6) is 0 Å². The molecule has 1 aliphatic heterocycles. The molecule has 1 aliphatic rings. The van der Waals surface area contributed by atoms with E-state index in [1.165, 1.54) is 11.1 Å². The van der Waals surface area contributed by atoms with E-state index in [9.17, 15) is 4.79 Å². The van der Waals surface area contributed by atoms with Gasteiger partial charge < -0.3 is 16.0 Å². The summed E-state index contributed by atoms with van der Waals surface area (Å²) in [5.41, 5.74) is 5.72. The van der Waals surface area contributed by atoms with Crippen molar-refractivity contribution in [3.8, 4) is 0 Å². The van der Waals surface area contributed by atoms with Gasteiger partial charge in [0.05, 0.1) is 36.1 Å². The largest absolute Gasteiger partial charge is 0.379 e. The van der Waals surface area contributed by atoms with E-state index in [1.54, 1.807) is 0 Å². The first-order valence-corrected chi connectivity index (χ1v) is 18.3. The Morgan fingerprint density at radius 1 is 0.872 bits per heavy atom. The fourth-order valence-corrected chi connectivity index (χ4v) is 6.13. The van der Waals surface area contributed by atoms with E-state index >= 15 is 0 Å². The third-order valence-corrected chi connectivity index (χ3v) is 9.23. The van der Waals surface area contributed by atoms with Gasteiger partial charge in [-0.25, -0.2) is 0 Å². The average Bonchev–Trinajstić information content (AvgIpc) is 3.51. The maximum absolute atomic E-state index is 13.6. The van der Waals surface area contributed by atoms with Crippen LogP contribution < -0.4 is 16.0 Å². The molecule has 3 N–H and O–H groups in total. The van der Waals surface area contributed by atoms with Gasteiger partial charge in [-0.3, -0.25) is 14.7 Å². The maximum Gasteiger partial charge on any atom is 0.160 e. The number of carbonyl (C=O) groups excluding carboxylic acids is 1. The first-order valence-electron chi connectivity index (χ1n) is 18.3. The van der Waals surface area contributed by atoms with Gasteiger partial charge in [-0.1, -0.05) is 112 Å². The van der Waals surface area contributed by atoms with Gasteiger partial charge in [0.1, 0.15) is 0 Å². The van der Waals surface area contributed by atoms with Crippen LogP contribution in [0.4, 0.5) is 0 Å². The van der Waals surface area contributed by atoms with Crippen LogP contribution in [0.1, 0.15) is 106 Å². The first kappa shape index (κ1) is 40.1. The Morgan fingerprint density at radius 2 is 1.47 bits per heavy atom. The van der Waals surface area contributed by atoms with Gasteiger partial charge in [0.15, 0.2) is 5.78 Å². The number of benzene rings is 1. The monoisotopic (exact) mass is 646 g/mol. The molecule has 262 valence electrons. The Balaban J connectivity index is 2.23. The lowest BCUT2D eigenvalue weighted by atomic mass is 9.79. The van der Waals surface area contributed by atoms with Crippen LogP contribution in [-0.4, -0.2) is 60.7 Å². The Labute approximate surface area is 288 Å². The minimum absolute atomic E-state index is 0.0626. The SMILES string of the molecule is C=C(N[C@@H](CCc1ccccc1)C(=C)N[C@@H](CCC)C(=C)N[C@@H](CC(C)C)C(=O)C(C)(C)CC)C1=NCC(CN(CCC)CCC)=C1. The smallest absolute Gasteiger partial charge is 0.160 e. The van der Waals surface area contributed by atoms with Crippen LogP contribution in [0.2, 0.25) is 0 Å². The second kappa shape index (κ2) is 20.3. The van der Waals surface area contributed by atoms with Gasteiger partial charge in [-0.15, -0.1) is 0 Å². The predicted molar refractivity (Wildman–Crippen MR) is 204 cm³/mol. The van der Waals surface area contributed by atoms with Crippen molar-refractivity contribution in [3.63, 3.8) is 0 Å². The van der Waals surface area contributed by atoms with Crippen LogP contribution in [0.3, 0.4) is 0 Å². The quantitative estimate of drug-likeness (QED) is 0.0997. The second-order valence-corrected chi connectivity index (χ2v) is 14.4. The highest BCUT2D eigenvalue weighted by atomic mass is 16.1. The van der Waals surface area contributed by atoms with E-state index in [4.69, 9.17) is 4.99 Å². The van der Waals surface area contributed by atoms with Crippen molar-refractivity contribution >= 4 is 11.5 Å². The number of aliphatic imine (C=N–C) groups is 1. The summed E-state index contributed by atoms with van der Waals surface area (Å²) in [5, 5.41) is 11.0. The molecule has 0 spiro atoms. The molecule has 1 heterocycles. The van der Waals surface area contributed by atoms with Crippen LogP contribution in [0, 0.1) is 11.3 Å². The Hall–Kier alpha value is -3.12. The van der Waals surface area contributed by atoms with Gasteiger partial charge in [-0.05, 0) is 81.2 Å². The highest BCUT2D eigenvalue weighted by Gasteiger charge is 2.33. The third-order valence-electron chi connectivity index (χ3n) is 9.23. The summed E-state index contributed by atoms with van der Waals surface area (Å²) < 4.78 is 0. The number of hydrogen-bond donors (Lipinski definition) is 3. The van der Waals surface area contributed by atoms with E-state index < -0.39 is 5.41 Å². The van der Waals surface area contributed by atoms with E-state index in [0.29, 0.717) is 5.92 Å². The van der Waals surface area contributed by atoms with Crippen molar-refractivity contribution in [1.29, 1.82) is 0 Å². The van der Waals surface area contributed by atoms with Gasteiger partial charge in [0.2, 0.25) is 0 Å². The molecule has 0 unspecified atom stereocenters. The van der Waals surface area contributed by atoms with E-state index in [1.807, 2.05) is 13.8 Å². The number of aryl methyl sites for hydroxylation is 1. The van der Waals surface area contributed by atoms with Gasteiger partial charge in [0, 0.05) is 23.4 Å². The van der Waals surface area contributed by atoms with Crippen molar-refractivity contribution in [2.24, 2.45) is 16.3 Å². The average molecular weight is 646 g/mol. The Morgan fingerprint density at radius 3 is 2.02 bits per heavy atom. The number of hydrogen-bond acceptors (Lipinski definition) is 6. The second-order valence-electron chi connectivity index (χ2n) is 14.4. The molecule has 47 heavy (non-hydrogen) atoms. The van der Waals surface area contributed by atoms with Crippen molar-refractivity contribution in [1.82, 2.24) is 20.9 Å². The molecule has 0 bridgehead atoms. The van der Waals surface area contributed by atoms with Crippen LogP contribution in [0.25, 0.3) is 0 Å². The lowest BCUT2D eigenvalue weighted by molar-refractivity contribution is -0.129.